The van der Waals surface area contributed by atoms with E-state index < -0.39 is 6.03 Å². The molecule has 76 valence electrons. The first-order chi connectivity index (χ1) is 6.72. The van der Waals surface area contributed by atoms with E-state index in [1.54, 1.807) is 13.3 Å². The van der Waals surface area contributed by atoms with Gasteiger partial charge in [-0.25, -0.2) is 10.2 Å². The van der Waals surface area contributed by atoms with E-state index in [0.717, 1.165) is 12.2 Å². The van der Waals surface area contributed by atoms with Gasteiger partial charge in [0.1, 0.15) is 5.76 Å². The van der Waals surface area contributed by atoms with Crippen molar-refractivity contribution in [3.8, 4) is 0 Å². The predicted octanol–water partition coefficient (Wildman–Crippen LogP) is 0.747. The molecule has 1 rings (SSSR count). The van der Waals surface area contributed by atoms with Crippen LogP contribution in [-0.2, 0) is 4.74 Å². The van der Waals surface area contributed by atoms with Gasteiger partial charge in [-0.15, -0.1) is 0 Å². The number of hydrazone groups is 1. The van der Waals surface area contributed by atoms with Crippen LogP contribution in [0.25, 0.3) is 0 Å². The number of amides is 2. The van der Waals surface area contributed by atoms with Crippen molar-refractivity contribution in [3.63, 3.8) is 0 Å². The maximum atomic E-state index is 10.3. The molecule has 0 aliphatic heterocycles. The predicted molar refractivity (Wildman–Crippen MR) is 53.6 cm³/mol. The number of carbonyl (C=O) groups excluding carboxylic acids is 1. The highest BCUT2D eigenvalue weighted by molar-refractivity contribution is 5.73. The van der Waals surface area contributed by atoms with Gasteiger partial charge in [-0.3, -0.25) is 0 Å². The van der Waals surface area contributed by atoms with E-state index in [1.807, 2.05) is 18.2 Å². The molecule has 1 unspecified atom stereocenters. The average Bonchev–Trinajstić information content (AvgIpc) is 2.18. The summed E-state index contributed by atoms with van der Waals surface area (Å²) in [7, 11) is 1.62. The third kappa shape index (κ3) is 3.30. The van der Waals surface area contributed by atoms with Crippen molar-refractivity contribution in [2.45, 2.75) is 6.42 Å². The fourth-order valence-electron chi connectivity index (χ4n) is 1.08. The Morgan fingerprint density at radius 3 is 3.14 bits per heavy atom. The van der Waals surface area contributed by atoms with Crippen molar-refractivity contribution in [2.24, 2.45) is 16.8 Å². The smallest absolute Gasteiger partial charge is 0.332 e. The number of rotatable bonds is 3. The first-order valence-corrected chi connectivity index (χ1v) is 4.23. The second-order valence-corrected chi connectivity index (χ2v) is 2.82. The van der Waals surface area contributed by atoms with Crippen LogP contribution in [0.5, 0.6) is 0 Å². The Kier molecular flexibility index (Phi) is 3.72. The number of nitrogens with one attached hydrogen (secondary N) is 1. The normalized spacial score (nSPS) is 20.6. The molecule has 0 heterocycles. The lowest BCUT2D eigenvalue weighted by Crippen LogP contribution is -2.24. The molecule has 3 N–H and O–H groups in total. The van der Waals surface area contributed by atoms with Gasteiger partial charge in [-0.1, -0.05) is 6.08 Å². The van der Waals surface area contributed by atoms with Gasteiger partial charge in [-0.05, 0) is 18.6 Å². The number of urea groups is 1. The molecule has 0 aromatic carbocycles. The Hall–Kier alpha value is -1.78. The Morgan fingerprint density at radius 2 is 2.64 bits per heavy atom. The van der Waals surface area contributed by atoms with Crippen LogP contribution in [0.4, 0.5) is 4.79 Å². The maximum Gasteiger partial charge on any atom is 0.332 e. The quantitative estimate of drug-likeness (QED) is 0.515. The third-order valence-corrected chi connectivity index (χ3v) is 1.78. The Morgan fingerprint density at radius 1 is 1.86 bits per heavy atom. The van der Waals surface area contributed by atoms with Crippen molar-refractivity contribution in [3.05, 3.63) is 24.0 Å². The lowest BCUT2D eigenvalue weighted by atomic mass is 10.0. The highest BCUT2D eigenvalue weighted by atomic mass is 16.5. The zero-order valence-corrected chi connectivity index (χ0v) is 7.93. The van der Waals surface area contributed by atoms with Gasteiger partial charge in [-0.2, -0.15) is 5.10 Å². The number of hydrogen-bond acceptors (Lipinski definition) is 3. The van der Waals surface area contributed by atoms with Crippen LogP contribution in [0, 0.1) is 5.92 Å². The molecule has 0 saturated heterocycles. The fourth-order valence-corrected chi connectivity index (χ4v) is 1.08. The van der Waals surface area contributed by atoms with Crippen molar-refractivity contribution < 1.29 is 9.53 Å². The zero-order chi connectivity index (χ0) is 10.4. The number of ether oxygens (including phenoxy) is 1. The van der Waals surface area contributed by atoms with Gasteiger partial charge in [0.25, 0.3) is 0 Å². The number of hydrogen-bond donors (Lipinski definition) is 2. The number of nitrogens with zero attached hydrogens (tertiary/aromatic N) is 1. The highest BCUT2D eigenvalue weighted by Gasteiger charge is 2.05. The molecule has 5 heteroatoms. The average molecular weight is 195 g/mol. The summed E-state index contributed by atoms with van der Waals surface area (Å²) in [6, 6.07) is -0.658. The van der Waals surface area contributed by atoms with Gasteiger partial charge in [0.15, 0.2) is 0 Å². The summed E-state index contributed by atoms with van der Waals surface area (Å²) < 4.78 is 5.02. The Bertz CT molecular complexity index is 294. The molecule has 0 saturated carbocycles. The van der Waals surface area contributed by atoms with E-state index in [2.05, 4.69) is 10.5 Å². The van der Waals surface area contributed by atoms with Crippen LogP contribution in [-0.4, -0.2) is 19.4 Å². The summed E-state index contributed by atoms with van der Waals surface area (Å²) in [5, 5.41) is 3.67. The molecule has 2 amide bonds. The molecule has 0 aromatic heterocycles. The van der Waals surface area contributed by atoms with Crippen LogP contribution in [0.1, 0.15) is 6.42 Å². The molecule has 1 aliphatic rings. The molecule has 5 nitrogen and oxygen atoms in total. The molecule has 0 bridgehead atoms. The monoisotopic (exact) mass is 195 g/mol. The summed E-state index contributed by atoms with van der Waals surface area (Å²) in [6.07, 6.45) is 8.21. The van der Waals surface area contributed by atoms with Crippen molar-refractivity contribution in [1.29, 1.82) is 0 Å². The van der Waals surface area contributed by atoms with Crippen LogP contribution in [0.2, 0.25) is 0 Å². The zero-order valence-electron chi connectivity index (χ0n) is 7.93. The van der Waals surface area contributed by atoms with Crippen molar-refractivity contribution >= 4 is 12.2 Å². The number of primary amides is 1. The maximum absolute atomic E-state index is 10.3. The molecule has 0 aromatic rings. The second kappa shape index (κ2) is 5.06. The van der Waals surface area contributed by atoms with Gasteiger partial charge in [0.05, 0.1) is 7.11 Å². The topological polar surface area (TPSA) is 76.7 Å². The number of allylic oxidation sites excluding steroid dienone is 3. The first-order valence-electron chi connectivity index (χ1n) is 4.23. The summed E-state index contributed by atoms with van der Waals surface area (Å²) in [6.45, 7) is 0. The summed E-state index contributed by atoms with van der Waals surface area (Å²) in [4.78, 5) is 10.3. The molecule has 0 fully saturated rings. The van der Waals surface area contributed by atoms with Crippen molar-refractivity contribution in [1.82, 2.24) is 5.43 Å². The van der Waals surface area contributed by atoms with Crippen LogP contribution in [0.15, 0.2) is 29.1 Å². The minimum atomic E-state index is -0.658. The van der Waals surface area contributed by atoms with E-state index in [0.29, 0.717) is 0 Å². The van der Waals surface area contributed by atoms with Gasteiger partial charge in [0, 0.05) is 12.1 Å². The number of carbonyl (C=O) groups is 1. The van der Waals surface area contributed by atoms with E-state index >= 15 is 0 Å². The first kappa shape index (κ1) is 10.3. The highest BCUT2D eigenvalue weighted by Crippen LogP contribution is 2.14. The molecule has 1 atom stereocenters. The van der Waals surface area contributed by atoms with Crippen molar-refractivity contribution in [2.75, 3.05) is 7.11 Å². The second-order valence-electron chi connectivity index (χ2n) is 2.82. The number of methoxy groups -OCH3 is 1. The van der Waals surface area contributed by atoms with E-state index in [1.165, 1.54) is 0 Å². The van der Waals surface area contributed by atoms with Gasteiger partial charge >= 0.3 is 6.03 Å². The summed E-state index contributed by atoms with van der Waals surface area (Å²) in [5.41, 5.74) is 6.98. The van der Waals surface area contributed by atoms with Gasteiger partial charge < -0.3 is 10.5 Å². The minimum Gasteiger partial charge on any atom is -0.497 e. The molecule has 14 heavy (non-hydrogen) atoms. The Labute approximate surface area is 82.3 Å². The van der Waals surface area contributed by atoms with Crippen LogP contribution >= 0.6 is 0 Å². The lowest BCUT2D eigenvalue weighted by Gasteiger charge is -2.10. The van der Waals surface area contributed by atoms with Gasteiger partial charge in [0.2, 0.25) is 0 Å². The van der Waals surface area contributed by atoms with E-state index in [9.17, 15) is 4.79 Å². The van der Waals surface area contributed by atoms with E-state index in [4.69, 9.17) is 10.5 Å². The molecular weight excluding hydrogens is 182 g/mol. The third-order valence-electron chi connectivity index (χ3n) is 1.78. The SMILES string of the molecule is COC1=CCC(C=NNC(N)=O)C=C1. The largest absolute Gasteiger partial charge is 0.497 e. The van der Waals surface area contributed by atoms with Crippen LogP contribution < -0.4 is 11.2 Å². The molecule has 0 spiro atoms. The lowest BCUT2D eigenvalue weighted by molar-refractivity contribution is 0.249. The summed E-state index contributed by atoms with van der Waals surface area (Å²) >= 11 is 0. The molecular formula is C9H13N3O2. The number of nitrogens with two attached hydrogens (primary N) is 1. The molecule has 0 radical (unpaired) electrons. The molecule has 1 aliphatic carbocycles. The minimum absolute atomic E-state index is 0.181. The summed E-state index contributed by atoms with van der Waals surface area (Å²) in [5.74, 6) is 1.03. The fraction of sp³-hybridized carbons (Fsp3) is 0.333. The Balaban J connectivity index is 2.37. The van der Waals surface area contributed by atoms with E-state index in [-0.39, 0.29) is 5.92 Å². The van der Waals surface area contributed by atoms with Crippen LogP contribution in [0.3, 0.4) is 0 Å². The standard InChI is InChI=1S/C9H13N3O2/c1-14-8-4-2-7(3-5-8)6-11-12-9(10)13/h2,4-7H,3H2,1H3,(H3,10,12,13).